The maximum Gasteiger partial charge on any atom is 0.267 e. The lowest BCUT2D eigenvalue weighted by atomic mass is 10.2. The summed E-state index contributed by atoms with van der Waals surface area (Å²) < 4.78 is 0. The van der Waals surface area contributed by atoms with E-state index < -0.39 is 5.91 Å². The molecule has 0 bridgehead atoms. The number of benzene rings is 2. The molecule has 2 aromatic carbocycles. The summed E-state index contributed by atoms with van der Waals surface area (Å²) in [5.41, 5.74) is 1.49. The fourth-order valence-electron chi connectivity index (χ4n) is 2.03. The Morgan fingerprint density at radius 1 is 1.26 bits per heavy atom. The topological polar surface area (TPSA) is 56.1 Å². The van der Waals surface area contributed by atoms with Crippen LogP contribution < -0.4 is 10.2 Å². The van der Waals surface area contributed by atoms with Crippen molar-refractivity contribution in [3.8, 4) is 6.07 Å². The van der Waals surface area contributed by atoms with Gasteiger partial charge < -0.3 is 10.2 Å². The van der Waals surface area contributed by atoms with Gasteiger partial charge in [0.1, 0.15) is 11.6 Å². The Hall–Kier alpha value is -2.77. The van der Waals surface area contributed by atoms with E-state index in [9.17, 15) is 10.1 Å². The predicted octanol–water partition coefficient (Wildman–Crippen LogP) is 4.21. The molecule has 0 saturated heterocycles. The number of hydrogen-bond acceptors (Lipinski definition) is 3. The molecule has 1 N–H and O–H groups in total. The summed E-state index contributed by atoms with van der Waals surface area (Å²) in [6.07, 6.45) is 1.55. The minimum absolute atomic E-state index is 0.0238. The normalized spacial score (nSPS) is 10.7. The molecule has 0 radical (unpaired) electrons. The minimum Gasteiger partial charge on any atom is -0.347 e. The van der Waals surface area contributed by atoms with Crippen molar-refractivity contribution >= 4 is 28.9 Å². The number of hydrogen-bond donors (Lipinski definition) is 1. The van der Waals surface area contributed by atoms with E-state index in [4.69, 9.17) is 11.6 Å². The van der Waals surface area contributed by atoms with Crippen molar-refractivity contribution in [3.05, 3.63) is 71.4 Å². The summed E-state index contributed by atoms with van der Waals surface area (Å²) >= 11 is 5.89. The zero-order valence-electron chi connectivity index (χ0n) is 12.7. The Morgan fingerprint density at radius 2 is 2.00 bits per heavy atom. The summed E-state index contributed by atoms with van der Waals surface area (Å²) in [7, 11) is 0. The number of carbonyl (C=O) groups is 1. The Balaban J connectivity index is 2.20. The number of rotatable bonds is 5. The molecule has 1 amide bonds. The van der Waals surface area contributed by atoms with Crippen LogP contribution in [0.25, 0.3) is 0 Å². The van der Waals surface area contributed by atoms with Crippen molar-refractivity contribution in [2.24, 2.45) is 0 Å². The quantitative estimate of drug-likeness (QED) is 0.661. The third-order valence-electron chi connectivity index (χ3n) is 3.16. The van der Waals surface area contributed by atoms with Crippen LogP contribution in [0.5, 0.6) is 0 Å². The van der Waals surface area contributed by atoms with Gasteiger partial charge in [-0.2, -0.15) is 5.26 Å². The number of nitrogens with zero attached hydrogens (tertiary/aromatic N) is 2. The Morgan fingerprint density at radius 3 is 2.61 bits per heavy atom. The van der Waals surface area contributed by atoms with E-state index >= 15 is 0 Å². The van der Waals surface area contributed by atoms with Crippen LogP contribution in [-0.4, -0.2) is 12.5 Å². The van der Waals surface area contributed by atoms with Gasteiger partial charge in [0.15, 0.2) is 0 Å². The first-order chi connectivity index (χ1) is 11.1. The molecule has 0 aliphatic heterocycles. The van der Waals surface area contributed by atoms with Gasteiger partial charge in [-0.1, -0.05) is 35.9 Å². The number of para-hydroxylation sites is 1. The smallest absolute Gasteiger partial charge is 0.267 e. The van der Waals surface area contributed by atoms with Gasteiger partial charge in [-0.25, -0.2) is 0 Å². The van der Waals surface area contributed by atoms with Gasteiger partial charge in [-0.15, -0.1) is 0 Å². The second kappa shape index (κ2) is 8.02. The van der Waals surface area contributed by atoms with Crippen LogP contribution >= 0.6 is 11.6 Å². The number of nitrogens with one attached hydrogen (secondary N) is 1. The number of carbonyl (C=O) groups excluding carboxylic acids is 1. The molecule has 0 aromatic heterocycles. The molecule has 2 rings (SSSR count). The van der Waals surface area contributed by atoms with E-state index in [1.165, 1.54) is 0 Å². The van der Waals surface area contributed by atoms with Gasteiger partial charge in [-0.3, -0.25) is 4.79 Å². The molecule has 116 valence electrons. The van der Waals surface area contributed by atoms with Gasteiger partial charge in [0.2, 0.25) is 0 Å². The molecule has 0 saturated carbocycles. The largest absolute Gasteiger partial charge is 0.347 e. The minimum atomic E-state index is -0.468. The molecule has 0 heterocycles. The summed E-state index contributed by atoms with van der Waals surface area (Å²) in [5.74, 6) is -0.468. The molecular weight excluding hydrogens is 310 g/mol. The van der Waals surface area contributed by atoms with Crippen LogP contribution in [-0.2, 0) is 4.79 Å². The van der Waals surface area contributed by atoms with E-state index in [1.807, 2.05) is 48.2 Å². The number of nitriles is 1. The van der Waals surface area contributed by atoms with Crippen molar-refractivity contribution in [2.45, 2.75) is 6.92 Å². The fraction of sp³-hybridized carbons (Fsp3) is 0.111. The molecule has 0 aliphatic rings. The van der Waals surface area contributed by atoms with Crippen LogP contribution in [0.15, 0.2) is 66.4 Å². The van der Waals surface area contributed by atoms with E-state index in [0.717, 1.165) is 5.69 Å². The Kier molecular flexibility index (Phi) is 5.79. The first-order valence-corrected chi connectivity index (χ1v) is 7.52. The van der Waals surface area contributed by atoms with Crippen molar-refractivity contribution in [1.29, 1.82) is 5.26 Å². The molecule has 0 fully saturated rings. The van der Waals surface area contributed by atoms with Crippen LogP contribution in [0.3, 0.4) is 0 Å². The third-order valence-corrected chi connectivity index (χ3v) is 3.40. The van der Waals surface area contributed by atoms with Crippen molar-refractivity contribution in [1.82, 2.24) is 0 Å². The van der Waals surface area contributed by atoms with E-state index in [2.05, 4.69) is 5.32 Å². The lowest BCUT2D eigenvalue weighted by molar-refractivity contribution is -0.112. The molecule has 0 unspecified atom stereocenters. The predicted molar refractivity (Wildman–Crippen MR) is 93.2 cm³/mol. The lowest BCUT2D eigenvalue weighted by Gasteiger charge is -2.18. The standard InChI is InChI=1S/C18H16ClN3O/c1-2-22(17-9-4-3-5-10-17)13-14(12-20)18(23)21-16-8-6-7-15(19)11-16/h3-11,13H,2H2,1H3,(H,21,23)/b14-13-. The maximum atomic E-state index is 12.3. The summed E-state index contributed by atoms with van der Waals surface area (Å²) in [6, 6.07) is 18.3. The summed E-state index contributed by atoms with van der Waals surface area (Å²) in [5, 5.41) is 12.5. The monoisotopic (exact) mass is 325 g/mol. The van der Waals surface area contributed by atoms with Crippen LogP contribution in [0.2, 0.25) is 5.02 Å². The second-order valence-electron chi connectivity index (χ2n) is 4.74. The van der Waals surface area contributed by atoms with Crippen LogP contribution in [0.4, 0.5) is 11.4 Å². The average Bonchev–Trinajstić information content (AvgIpc) is 2.56. The van der Waals surface area contributed by atoms with Gasteiger partial charge in [0.25, 0.3) is 5.91 Å². The maximum absolute atomic E-state index is 12.3. The van der Waals surface area contributed by atoms with Crippen molar-refractivity contribution in [2.75, 3.05) is 16.8 Å². The number of anilines is 2. The van der Waals surface area contributed by atoms with E-state index in [-0.39, 0.29) is 5.57 Å². The van der Waals surface area contributed by atoms with E-state index in [0.29, 0.717) is 17.3 Å². The average molecular weight is 326 g/mol. The van der Waals surface area contributed by atoms with Gasteiger partial charge in [0.05, 0.1) is 0 Å². The third kappa shape index (κ3) is 4.60. The van der Waals surface area contributed by atoms with Crippen LogP contribution in [0, 0.1) is 11.3 Å². The van der Waals surface area contributed by atoms with Crippen LogP contribution in [0.1, 0.15) is 6.92 Å². The summed E-state index contributed by atoms with van der Waals surface area (Å²) in [4.78, 5) is 14.1. The molecule has 0 aliphatic carbocycles. The highest BCUT2D eigenvalue weighted by molar-refractivity contribution is 6.31. The SMILES string of the molecule is CCN(/C=C(/C#N)C(=O)Nc1cccc(Cl)c1)c1ccccc1. The van der Waals surface area contributed by atoms with Gasteiger partial charge in [-0.05, 0) is 37.3 Å². The summed E-state index contributed by atoms with van der Waals surface area (Å²) in [6.45, 7) is 2.59. The Bertz CT molecular complexity index is 750. The highest BCUT2D eigenvalue weighted by atomic mass is 35.5. The van der Waals surface area contributed by atoms with Crippen molar-refractivity contribution in [3.63, 3.8) is 0 Å². The Labute approximate surface area is 140 Å². The molecule has 5 heteroatoms. The molecule has 2 aromatic rings. The molecular formula is C18H16ClN3O. The van der Waals surface area contributed by atoms with Crippen molar-refractivity contribution < 1.29 is 4.79 Å². The second-order valence-corrected chi connectivity index (χ2v) is 5.18. The van der Waals surface area contributed by atoms with E-state index in [1.54, 1.807) is 30.5 Å². The van der Waals surface area contributed by atoms with Gasteiger partial charge >= 0.3 is 0 Å². The highest BCUT2D eigenvalue weighted by Gasteiger charge is 2.12. The lowest BCUT2D eigenvalue weighted by Crippen LogP contribution is -2.20. The number of halogens is 1. The molecule has 0 atom stereocenters. The zero-order chi connectivity index (χ0) is 16.7. The molecule has 23 heavy (non-hydrogen) atoms. The number of amides is 1. The fourth-order valence-corrected chi connectivity index (χ4v) is 2.22. The first kappa shape index (κ1) is 16.6. The first-order valence-electron chi connectivity index (χ1n) is 7.14. The zero-order valence-corrected chi connectivity index (χ0v) is 13.4. The highest BCUT2D eigenvalue weighted by Crippen LogP contribution is 2.17. The van der Waals surface area contributed by atoms with Gasteiger partial charge in [0, 0.05) is 29.1 Å². The molecule has 0 spiro atoms. The molecule has 4 nitrogen and oxygen atoms in total.